The van der Waals surface area contributed by atoms with Crippen LogP contribution in [0.25, 0.3) is 11.4 Å². The van der Waals surface area contributed by atoms with E-state index in [-0.39, 0.29) is 25.1 Å². The molecule has 1 amide bonds. The lowest BCUT2D eigenvalue weighted by molar-refractivity contribution is -0.143. The number of amides is 1. The predicted octanol–water partition coefficient (Wildman–Crippen LogP) is 6.56. The van der Waals surface area contributed by atoms with Gasteiger partial charge < -0.3 is 9.42 Å². The molecular weight excluding hydrogens is 532 g/mol. The Kier molecular flexibility index (Phi) is 6.45. The second-order valence-electron chi connectivity index (χ2n) is 7.82. The van der Waals surface area contributed by atoms with E-state index in [0.29, 0.717) is 36.7 Å². The fraction of sp³-hybridized carbons (Fsp3) is 0.318. The van der Waals surface area contributed by atoms with Crippen LogP contribution in [0.3, 0.4) is 0 Å². The van der Waals surface area contributed by atoms with Crippen LogP contribution in [-0.2, 0) is 12.4 Å². The summed E-state index contributed by atoms with van der Waals surface area (Å²) in [4.78, 5) is 18.4. The predicted molar refractivity (Wildman–Crippen MR) is 112 cm³/mol. The van der Waals surface area contributed by atoms with E-state index in [9.17, 15) is 31.1 Å². The van der Waals surface area contributed by atoms with Gasteiger partial charge >= 0.3 is 12.4 Å². The van der Waals surface area contributed by atoms with E-state index >= 15 is 0 Å². The minimum atomic E-state index is -5.02. The van der Waals surface area contributed by atoms with Gasteiger partial charge in [0.25, 0.3) is 5.91 Å². The molecule has 0 unspecified atom stereocenters. The van der Waals surface area contributed by atoms with E-state index in [1.807, 2.05) is 24.3 Å². The molecule has 1 saturated heterocycles. The van der Waals surface area contributed by atoms with Crippen molar-refractivity contribution in [1.29, 1.82) is 0 Å². The Morgan fingerprint density at radius 2 is 1.50 bits per heavy atom. The summed E-state index contributed by atoms with van der Waals surface area (Å²) in [5.74, 6) is -0.322. The molecule has 0 radical (unpaired) electrons. The molecule has 0 aliphatic carbocycles. The summed E-state index contributed by atoms with van der Waals surface area (Å²) in [6, 6.07) is 8.18. The maximum atomic E-state index is 13.1. The first-order valence-electron chi connectivity index (χ1n) is 10.1. The van der Waals surface area contributed by atoms with Crippen molar-refractivity contribution in [2.75, 3.05) is 13.1 Å². The van der Waals surface area contributed by atoms with Gasteiger partial charge in [-0.2, -0.15) is 31.3 Å². The quantitative estimate of drug-likeness (QED) is 0.348. The minimum absolute atomic E-state index is 0.00160. The average molecular weight is 548 g/mol. The molecule has 0 N–H and O–H groups in total. The number of halogens is 7. The summed E-state index contributed by atoms with van der Waals surface area (Å²) in [7, 11) is 0. The number of hydrogen-bond donors (Lipinski definition) is 0. The van der Waals surface area contributed by atoms with Crippen LogP contribution in [0.1, 0.15) is 46.1 Å². The largest absolute Gasteiger partial charge is 0.416 e. The smallest absolute Gasteiger partial charge is 0.339 e. The summed E-state index contributed by atoms with van der Waals surface area (Å²) in [6.45, 7) is 0.244. The van der Waals surface area contributed by atoms with Gasteiger partial charge in [0.1, 0.15) is 0 Å². The molecular formula is C22H16BrF6N3O2. The van der Waals surface area contributed by atoms with E-state index in [2.05, 4.69) is 26.1 Å². The first-order valence-corrected chi connectivity index (χ1v) is 10.9. The lowest BCUT2D eigenvalue weighted by Crippen LogP contribution is -2.38. The van der Waals surface area contributed by atoms with Crippen molar-refractivity contribution >= 4 is 21.8 Å². The Morgan fingerprint density at radius 1 is 0.941 bits per heavy atom. The van der Waals surface area contributed by atoms with Crippen LogP contribution in [0.5, 0.6) is 0 Å². The van der Waals surface area contributed by atoms with Crippen LogP contribution in [0, 0.1) is 0 Å². The van der Waals surface area contributed by atoms with E-state index in [1.54, 1.807) is 0 Å². The van der Waals surface area contributed by atoms with Gasteiger partial charge in [0.15, 0.2) is 0 Å². The molecule has 0 spiro atoms. The third-order valence-electron chi connectivity index (χ3n) is 5.51. The molecule has 3 aromatic rings. The number of carbonyl (C=O) groups is 1. The Bertz CT molecular complexity index is 1150. The Balaban J connectivity index is 1.47. The van der Waals surface area contributed by atoms with Gasteiger partial charge in [-0.25, -0.2) is 0 Å². The molecule has 1 aromatic heterocycles. The third kappa shape index (κ3) is 5.26. The van der Waals surface area contributed by atoms with Crippen molar-refractivity contribution in [3.05, 3.63) is 69.5 Å². The van der Waals surface area contributed by atoms with Crippen LogP contribution in [0.4, 0.5) is 26.3 Å². The van der Waals surface area contributed by atoms with Crippen molar-refractivity contribution in [2.45, 2.75) is 31.1 Å². The normalized spacial score (nSPS) is 15.6. The maximum absolute atomic E-state index is 13.1. The number of hydrogen-bond acceptors (Lipinski definition) is 4. The molecule has 4 rings (SSSR count). The van der Waals surface area contributed by atoms with Crippen LogP contribution in [0.2, 0.25) is 0 Å². The fourth-order valence-electron chi connectivity index (χ4n) is 3.71. The molecule has 0 atom stereocenters. The van der Waals surface area contributed by atoms with Gasteiger partial charge in [-0.05, 0) is 55.3 Å². The van der Waals surface area contributed by atoms with E-state index < -0.39 is 35.0 Å². The van der Waals surface area contributed by atoms with Gasteiger partial charge in [-0.1, -0.05) is 21.1 Å². The average Bonchev–Trinajstić information content (AvgIpc) is 3.28. The number of likely N-dealkylation sites (tertiary alicyclic amines) is 1. The number of piperidine rings is 1. The second kappa shape index (κ2) is 9.05. The van der Waals surface area contributed by atoms with Crippen molar-refractivity contribution in [1.82, 2.24) is 15.0 Å². The summed E-state index contributed by atoms with van der Waals surface area (Å²) in [6.07, 6.45) is -9.29. The van der Waals surface area contributed by atoms with Crippen LogP contribution in [0.15, 0.2) is 51.5 Å². The van der Waals surface area contributed by atoms with E-state index in [4.69, 9.17) is 4.52 Å². The highest BCUT2D eigenvalue weighted by Crippen LogP contribution is 2.37. The summed E-state index contributed by atoms with van der Waals surface area (Å²) in [5, 5.41) is 3.96. The highest BCUT2D eigenvalue weighted by Gasteiger charge is 2.38. The van der Waals surface area contributed by atoms with Crippen molar-refractivity contribution in [3.63, 3.8) is 0 Å². The molecule has 2 aromatic carbocycles. The SMILES string of the molecule is O=C(c1cc(C(F)(F)F)cc(C(F)(F)F)c1)N1CCC(c2nc(-c3ccc(Br)cc3)no2)CC1. The number of benzene rings is 2. The lowest BCUT2D eigenvalue weighted by Gasteiger charge is -2.30. The maximum Gasteiger partial charge on any atom is 0.416 e. The zero-order chi connectivity index (χ0) is 24.7. The molecule has 1 fully saturated rings. The lowest BCUT2D eigenvalue weighted by atomic mass is 9.95. The molecule has 5 nitrogen and oxygen atoms in total. The summed E-state index contributed by atoms with van der Waals surface area (Å²) < 4.78 is 84.9. The van der Waals surface area contributed by atoms with Crippen molar-refractivity contribution in [3.8, 4) is 11.4 Å². The highest BCUT2D eigenvalue weighted by atomic mass is 79.9. The summed E-state index contributed by atoms with van der Waals surface area (Å²) >= 11 is 3.34. The number of nitrogens with zero attached hydrogens (tertiary/aromatic N) is 3. The molecule has 2 heterocycles. The van der Waals surface area contributed by atoms with Gasteiger partial charge in [0.2, 0.25) is 11.7 Å². The number of rotatable bonds is 3. The molecule has 34 heavy (non-hydrogen) atoms. The first-order chi connectivity index (χ1) is 15.9. The molecule has 0 bridgehead atoms. The minimum Gasteiger partial charge on any atom is -0.339 e. The van der Waals surface area contributed by atoms with Crippen LogP contribution < -0.4 is 0 Å². The Hall–Kier alpha value is -2.89. The van der Waals surface area contributed by atoms with Gasteiger partial charge in [0, 0.05) is 34.6 Å². The topological polar surface area (TPSA) is 59.2 Å². The molecule has 1 aliphatic heterocycles. The third-order valence-corrected chi connectivity index (χ3v) is 6.04. The zero-order valence-electron chi connectivity index (χ0n) is 17.3. The Morgan fingerprint density at radius 3 is 2.03 bits per heavy atom. The van der Waals surface area contributed by atoms with Crippen molar-refractivity contribution in [2.24, 2.45) is 0 Å². The van der Waals surface area contributed by atoms with Crippen LogP contribution in [-0.4, -0.2) is 34.0 Å². The standard InChI is InChI=1S/C22H16BrF6N3O2/c23-17-3-1-12(2-4-17)18-30-19(34-31-18)13-5-7-32(8-6-13)20(33)14-9-15(21(24,25)26)11-16(10-14)22(27,28)29/h1-4,9-11,13H,5-8H2. The fourth-order valence-corrected chi connectivity index (χ4v) is 3.97. The van der Waals surface area contributed by atoms with Gasteiger partial charge in [0.05, 0.1) is 11.1 Å². The number of alkyl halides is 6. The molecule has 12 heteroatoms. The molecule has 0 saturated carbocycles. The van der Waals surface area contributed by atoms with Gasteiger partial charge in [-0.15, -0.1) is 0 Å². The molecule has 1 aliphatic rings. The second-order valence-corrected chi connectivity index (χ2v) is 8.74. The number of carbonyl (C=O) groups excluding carboxylic acids is 1. The molecule has 180 valence electrons. The van der Waals surface area contributed by atoms with Gasteiger partial charge in [-0.3, -0.25) is 4.79 Å². The van der Waals surface area contributed by atoms with E-state index in [0.717, 1.165) is 10.0 Å². The monoisotopic (exact) mass is 547 g/mol. The highest BCUT2D eigenvalue weighted by molar-refractivity contribution is 9.10. The zero-order valence-corrected chi connectivity index (χ0v) is 18.8. The summed E-state index contributed by atoms with van der Waals surface area (Å²) in [5.41, 5.74) is -2.95. The van der Waals surface area contributed by atoms with E-state index in [1.165, 1.54) is 4.90 Å². The van der Waals surface area contributed by atoms with Crippen molar-refractivity contribution < 1.29 is 35.7 Å². The Labute approximate surface area is 197 Å². The van der Waals surface area contributed by atoms with Crippen LogP contribution >= 0.6 is 15.9 Å². The number of aromatic nitrogens is 2. The first kappa shape index (κ1) is 24.2.